The van der Waals surface area contributed by atoms with Crippen molar-refractivity contribution in [3.63, 3.8) is 0 Å². The average Bonchev–Trinajstić information content (AvgIpc) is 3.19. The van der Waals surface area contributed by atoms with Crippen LogP contribution in [-0.4, -0.2) is 23.4 Å². The van der Waals surface area contributed by atoms with Crippen LogP contribution in [0.5, 0.6) is 0 Å². The van der Waals surface area contributed by atoms with Crippen LogP contribution in [0.15, 0.2) is 77.9 Å². The largest absolute Gasteiger partial charge is 0.361 e. The number of aromatic nitrogens is 1. The average molecular weight is 425 g/mol. The third-order valence-corrected chi connectivity index (χ3v) is 5.48. The number of fused-ring (bicyclic) bond motifs is 1. The van der Waals surface area contributed by atoms with Crippen LogP contribution in [0.4, 0.5) is 5.69 Å². The highest BCUT2D eigenvalue weighted by Crippen LogP contribution is 2.19. The number of aliphatic imine (C=N–C) groups is 1. The summed E-state index contributed by atoms with van der Waals surface area (Å²) < 4.78 is 0. The maximum absolute atomic E-state index is 12.9. The Kier molecular flexibility index (Phi) is 6.36. The fourth-order valence-corrected chi connectivity index (χ4v) is 3.70. The Morgan fingerprint density at radius 2 is 1.75 bits per heavy atom. The van der Waals surface area contributed by atoms with Gasteiger partial charge in [0.15, 0.2) is 0 Å². The molecule has 0 aliphatic rings. The Morgan fingerprint density at radius 1 is 0.938 bits per heavy atom. The van der Waals surface area contributed by atoms with Crippen molar-refractivity contribution < 1.29 is 4.79 Å². The molecule has 32 heavy (non-hydrogen) atoms. The number of aromatic amines is 1. The van der Waals surface area contributed by atoms with E-state index >= 15 is 0 Å². The van der Waals surface area contributed by atoms with Crippen molar-refractivity contribution in [1.82, 2.24) is 10.3 Å². The van der Waals surface area contributed by atoms with Gasteiger partial charge in [-0.25, -0.2) is 0 Å². The normalized spacial score (nSPS) is 11.5. The summed E-state index contributed by atoms with van der Waals surface area (Å²) in [5.74, 6) is 0.266. The van der Waals surface area contributed by atoms with E-state index < -0.39 is 0 Å². The molecule has 4 rings (SSSR count). The number of H-pyrrole nitrogens is 1. The predicted molar refractivity (Wildman–Crippen MR) is 132 cm³/mol. The summed E-state index contributed by atoms with van der Waals surface area (Å²) in [6, 6.07) is 22.0. The molecule has 0 saturated carbocycles. The molecule has 0 unspecified atom stereocenters. The van der Waals surface area contributed by atoms with E-state index in [9.17, 15) is 4.79 Å². The van der Waals surface area contributed by atoms with Crippen molar-refractivity contribution in [3.8, 4) is 0 Å². The van der Waals surface area contributed by atoms with Crippen molar-refractivity contribution >= 4 is 28.5 Å². The van der Waals surface area contributed by atoms with Gasteiger partial charge in [-0.2, -0.15) is 0 Å². The van der Waals surface area contributed by atoms with Crippen molar-refractivity contribution in [1.29, 1.82) is 0 Å². The van der Waals surface area contributed by atoms with E-state index in [-0.39, 0.29) is 5.91 Å². The first-order valence-electron chi connectivity index (χ1n) is 10.8. The zero-order valence-corrected chi connectivity index (χ0v) is 18.7. The van der Waals surface area contributed by atoms with Crippen LogP contribution in [0.25, 0.3) is 10.9 Å². The number of aryl methyl sites for hydroxylation is 3. The van der Waals surface area contributed by atoms with Gasteiger partial charge in [-0.15, -0.1) is 0 Å². The lowest BCUT2D eigenvalue weighted by molar-refractivity contribution is 0.0977. The summed E-state index contributed by atoms with van der Waals surface area (Å²) >= 11 is 0. The number of amides is 1. The molecular formula is C27H28N4O. The summed E-state index contributed by atoms with van der Waals surface area (Å²) in [5.41, 5.74) is 7.13. The monoisotopic (exact) mass is 424 g/mol. The molecule has 0 bridgehead atoms. The van der Waals surface area contributed by atoms with Crippen LogP contribution in [0.2, 0.25) is 0 Å². The zero-order valence-electron chi connectivity index (χ0n) is 18.7. The Labute approximate surface area is 188 Å². The summed E-state index contributed by atoms with van der Waals surface area (Å²) in [6.07, 6.45) is 2.80. The highest BCUT2D eigenvalue weighted by atomic mass is 16.1. The molecule has 1 amide bonds. The SMILES string of the molecule is Cc1cccc(C(=O)NC(=NCCc2c[nH]c3ccccc23)Nc2cc(C)ccc2C)c1. The molecule has 0 aliphatic carbocycles. The Hall–Kier alpha value is -3.86. The molecule has 0 atom stereocenters. The first-order chi connectivity index (χ1) is 15.5. The van der Waals surface area contributed by atoms with Crippen molar-refractivity contribution in [3.05, 3.63) is 101 Å². The van der Waals surface area contributed by atoms with E-state index in [0.29, 0.717) is 18.1 Å². The van der Waals surface area contributed by atoms with E-state index in [2.05, 4.69) is 45.9 Å². The Balaban J connectivity index is 1.55. The molecule has 0 fully saturated rings. The number of rotatable bonds is 5. The smallest absolute Gasteiger partial charge is 0.257 e. The van der Waals surface area contributed by atoms with Gasteiger partial charge in [-0.1, -0.05) is 48.0 Å². The van der Waals surface area contributed by atoms with E-state index in [4.69, 9.17) is 4.99 Å². The van der Waals surface area contributed by atoms with Gasteiger partial charge in [0.05, 0.1) is 0 Å². The van der Waals surface area contributed by atoms with Gasteiger partial charge in [0.1, 0.15) is 0 Å². The zero-order chi connectivity index (χ0) is 22.5. The fourth-order valence-electron chi connectivity index (χ4n) is 3.70. The second-order valence-electron chi connectivity index (χ2n) is 8.11. The maximum atomic E-state index is 12.9. The van der Waals surface area contributed by atoms with Gasteiger partial charge in [-0.3, -0.25) is 15.1 Å². The van der Waals surface area contributed by atoms with E-state index in [1.807, 2.05) is 63.4 Å². The third kappa shape index (κ3) is 5.06. The molecule has 4 aromatic rings. The lowest BCUT2D eigenvalue weighted by atomic mass is 10.1. The predicted octanol–water partition coefficient (Wildman–Crippen LogP) is 5.53. The first kappa shape index (κ1) is 21.4. The molecule has 5 heteroatoms. The minimum absolute atomic E-state index is 0.183. The molecule has 0 spiro atoms. The third-order valence-electron chi connectivity index (χ3n) is 5.48. The number of carbonyl (C=O) groups is 1. The van der Waals surface area contributed by atoms with Gasteiger partial charge >= 0.3 is 0 Å². The van der Waals surface area contributed by atoms with Gasteiger partial charge in [0, 0.05) is 34.9 Å². The van der Waals surface area contributed by atoms with Crippen molar-refractivity contribution in [2.75, 3.05) is 11.9 Å². The second-order valence-corrected chi connectivity index (χ2v) is 8.11. The fraction of sp³-hybridized carbons (Fsp3) is 0.185. The Morgan fingerprint density at radius 3 is 2.59 bits per heavy atom. The van der Waals surface area contributed by atoms with Gasteiger partial charge in [-0.05, 0) is 68.1 Å². The van der Waals surface area contributed by atoms with Crippen LogP contribution in [0.3, 0.4) is 0 Å². The number of hydrogen-bond acceptors (Lipinski definition) is 2. The number of benzene rings is 3. The van der Waals surface area contributed by atoms with Crippen LogP contribution in [0.1, 0.15) is 32.6 Å². The van der Waals surface area contributed by atoms with Crippen LogP contribution >= 0.6 is 0 Å². The molecule has 3 aromatic carbocycles. The summed E-state index contributed by atoms with van der Waals surface area (Å²) in [5, 5.41) is 7.50. The lowest BCUT2D eigenvalue weighted by Crippen LogP contribution is -2.36. The minimum atomic E-state index is -0.183. The number of anilines is 1. The lowest BCUT2D eigenvalue weighted by Gasteiger charge is -2.14. The van der Waals surface area contributed by atoms with Crippen LogP contribution in [-0.2, 0) is 6.42 Å². The number of nitrogens with one attached hydrogen (secondary N) is 3. The summed E-state index contributed by atoms with van der Waals surface area (Å²) in [7, 11) is 0. The van der Waals surface area contributed by atoms with Crippen molar-refractivity contribution in [2.24, 2.45) is 4.99 Å². The number of guanidine groups is 1. The summed E-state index contributed by atoms with van der Waals surface area (Å²) in [4.78, 5) is 20.9. The minimum Gasteiger partial charge on any atom is -0.361 e. The number of hydrogen-bond donors (Lipinski definition) is 3. The van der Waals surface area contributed by atoms with Gasteiger partial charge in [0.2, 0.25) is 5.96 Å². The molecule has 1 aromatic heterocycles. The number of para-hydroxylation sites is 1. The molecule has 0 radical (unpaired) electrons. The number of nitrogens with zero attached hydrogens (tertiary/aromatic N) is 1. The quantitative estimate of drug-likeness (QED) is 0.291. The molecule has 3 N–H and O–H groups in total. The highest BCUT2D eigenvalue weighted by molar-refractivity contribution is 6.10. The standard InChI is InChI=1S/C27H28N4O/c1-18-7-6-8-21(15-18)26(32)31-27(30-25-16-19(2)11-12-20(25)3)28-14-13-22-17-29-24-10-5-4-9-23(22)24/h4-12,15-17,29H,13-14H2,1-3H3,(H2,28,30,31,32). The molecule has 5 nitrogen and oxygen atoms in total. The molecular weight excluding hydrogens is 396 g/mol. The topological polar surface area (TPSA) is 69.3 Å². The molecule has 0 saturated heterocycles. The van der Waals surface area contributed by atoms with Crippen molar-refractivity contribution in [2.45, 2.75) is 27.2 Å². The van der Waals surface area contributed by atoms with E-state index in [1.165, 1.54) is 10.9 Å². The highest BCUT2D eigenvalue weighted by Gasteiger charge is 2.11. The van der Waals surface area contributed by atoms with Crippen LogP contribution in [0, 0.1) is 20.8 Å². The van der Waals surface area contributed by atoms with E-state index in [0.717, 1.165) is 34.3 Å². The van der Waals surface area contributed by atoms with Gasteiger partial charge < -0.3 is 10.3 Å². The number of carbonyl (C=O) groups excluding carboxylic acids is 1. The Bertz CT molecular complexity index is 1290. The van der Waals surface area contributed by atoms with Gasteiger partial charge in [0.25, 0.3) is 5.91 Å². The van der Waals surface area contributed by atoms with Crippen LogP contribution < -0.4 is 10.6 Å². The molecule has 0 aliphatic heterocycles. The molecule has 162 valence electrons. The first-order valence-corrected chi connectivity index (χ1v) is 10.8. The molecule has 1 heterocycles. The summed E-state index contributed by atoms with van der Waals surface area (Å²) in [6.45, 7) is 6.60. The second kappa shape index (κ2) is 9.52. The van der Waals surface area contributed by atoms with E-state index in [1.54, 1.807) is 0 Å². The maximum Gasteiger partial charge on any atom is 0.257 e.